The second-order valence-corrected chi connectivity index (χ2v) is 5.99. The van der Waals surface area contributed by atoms with E-state index in [1.165, 1.54) is 0 Å². The zero-order chi connectivity index (χ0) is 14.2. The van der Waals surface area contributed by atoms with Gasteiger partial charge in [0.15, 0.2) is 0 Å². The van der Waals surface area contributed by atoms with Crippen molar-refractivity contribution >= 4 is 17.8 Å². The van der Waals surface area contributed by atoms with Gasteiger partial charge in [0.25, 0.3) is 0 Å². The summed E-state index contributed by atoms with van der Waals surface area (Å²) in [7, 11) is 0. The summed E-state index contributed by atoms with van der Waals surface area (Å²) >= 11 is 0. The Labute approximate surface area is 112 Å². The number of carboxylic acid groups (broad SMARTS) is 1. The molecule has 0 saturated carbocycles. The first-order valence-corrected chi connectivity index (χ1v) is 6.62. The van der Waals surface area contributed by atoms with Crippen LogP contribution in [0.3, 0.4) is 0 Å². The lowest BCUT2D eigenvalue weighted by molar-refractivity contribution is -0.152. The SMILES string of the molecule is CC(C)(CC(=O)N1CCN2C(=O)CCC2C1)C(=O)O. The molecular weight excluding hydrogens is 248 g/mol. The lowest BCUT2D eigenvalue weighted by Gasteiger charge is -2.38. The summed E-state index contributed by atoms with van der Waals surface area (Å²) in [5.41, 5.74) is -1.04. The average Bonchev–Trinajstić information content (AvgIpc) is 2.70. The van der Waals surface area contributed by atoms with Crippen molar-refractivity contribution in [3.63, 3.8) is 0 Å². The largest absolute Gasteiger partial charge is 0.481 e. The molecule has 2 saturated heterocycles. The Balaban J connectivity index is 1.95. The number of fused-ring (bicyclic) bond motifs is 1. The standard InChI is InChI=1S/C13H20N2O4/c1-13(2,12(18)19)7-11(17)14-5-6-15-9(8-14)3-4-10(15)16/h9H,3-8H2,1-2H3,(H,18,19). The van der Waals surface area contributed by atoms with E-state index in [-0.39, 0.29) is 24.3 Å². The number of amides is 2. The Bertz CT molecular complexity index is 419. The van der Waals surface area contributed by atoms with E-state index in [2.05, 4.69) is 0 Å². The van der Waals surface area contributed by atoms with E-state index in [9.17, 15) is 14.4 Å². The van der Waals surface area contributed by atoms with Crippen LogP contribution in [0.25, 0.3) is 0 Å². The summed E-state index contributed by atoms with van der Waals surface area (Å²) in [6, 6.07) is 0.123. The Morgan fingerprint density at radius 1 is 1.37 bits per heavy atom. The van der Waals surface area contributed by atoms with Gasteiger partial charge in [0.1, 0.15) is 0 Å². The average molecular weight is 268 g/mol. The van der Waals surface area contributed by atoms with E-state index in [0.717, 1.165) is 6.42 Å². The van der Waals surface area contributed by atoms with Gasteiger partial charge in [0.2, 0.25) is 11.8 Å². The Kier molecular flexibility index (Phi) is 3.52. The van der Waals surface area contributed by atoms with Gasteiger partial charge in [0, 0.05) is 38.5 Å². The molecule has 0 bridgehead atoms. The highest BCUT2D eigenvalue weighted by Gasteiger charge is 2.39. The van der Waals surface area contributed by atoms with E-state index in [4.69, 9.17) is 5.11 Å². The van der Waals surface area contributed by atoms with Crippen molar-refractivity contribution in [3.8, 4) is 0 Å². The Morgan fingerprint density at radius 2 is 2.05 bits per heavy atom. The number of carbonyl (C=O) groups is 3. The van der Waals surface area contributed by atoms with Gasteiger partial charge in [-0.25, -0.2) is 0 Å². The number of nitrogens with zero attached hydrogens (tertiary/aromatic N) is 2. The second-order valence-electron chi connectivity index (χ2n) is 5.99. The van der Waals surface area contributed by atoms with Crippen molar-refractivity contribution in [3.05, 3.63) is 0 Å². The fourth-order valence-corrected chi connectivity index (χ4v) is 2.66. The molecule has 2 aliphatic rings. The van der Waals surface area contributed by atoms with Crippen LogP contribution in [0.2, 0.25) is 0 Å². The zero-order valence-electron chi connectivity index (χ0n) is 11.4. The quantitative estimate of drug-likeness (QED) is 0.799. The molecule has 6 nitrogen and oxygen atoms in total. The van der Waals surface area contributed by atoms with Crippen LogP contribution < -0.4 is 0 Å². The minimum atomic E-state index is -1.04. The molecular formula is C13H20N2O4. The molecule has 0 aromatic rings. The first kappa shape index (κ1) is 13.8. The van der Waals surface area contributed by atoms with E-state index in [0.29, 0.717) is 26.1 Å². The molecule has 0 aliphatic carbocycles. The first-order chi connectivity index (χ1) is 8.81. The predicted molar refractivity (Wildman–Crippen MR) is 67.3 cm³/mol. The van der Waals surface area contributed by atoms with Crippen LogP contribution in [-0.4, -0.2) is 58.4 Å². The van der Waals surface area contributed by atoms with Gasteiger partial charge in [0.05, 0.1) is 5.41 Å². The topological polar surface area (TPSA) is 77.9 Å². The second kappa shape index (κ2) is 4.83. The molecule has 1 N–H and O–H groups in total. The van der Waals surface area contributed by atoms with Gasteiger partial charge in [-0.1, -0.05) is 0 Å². The van der Waals surface area contributed by atoms with Crippen molar-refractivity contribution in [2.24, 2.45) is 5.41 Å². The molecule has 0 aromatic heterocycles. The van der Waals surface area contributed by atoms with Crippen molar-refractivity contribution in [2.45, 2.75) is 39.2 Å². The third kappa shape index (κ3) is 2.72. The highest BCUT2D eigenvalue weighted by molar-refractivity contribution is 5.85. The lowest BCUT2D eigenvalue weighted by Crippen LogP contribution is -2.53. The predicted octanol–water partition coefficient (Wildman–Crippen LogP) is 0.320. The number of hydrogen-bond acceptors (Lipinski definition) is 3. The molecule has 0 spiro atoms. The molecule has 19 heavy (non-hydrogen) atoms. The molecule has 2 amide bonds. The van der Waals surface area contributed by atoms with Gasteiger partial charge in [-0.3, -0.25) is 14.4 Å². The van der Waals surface area contributed by atoms with E-state index in [1.54, 1.807) is 18.7 Å². The van der Waals surface area contributed by atoms with Crippen molar-refractivity contribution in [2.75, 3.05) is 19.6 Å². The third-order valence-corrected chi connectivity index (χ3v) is 4.02. The Morgan fingerprint density at radius 3 is 2.68 bits per heavy atom. The maximum atomic E-state index is 12.1. The van der Waals surface area contributed by atoms with Gasteiger partial charge >= 0.3 is 5.97 Å². The normalized spacial score (nSPS) is 23.5. The number of rotatable bonds is 3. The minimum Gasteiger partial charge on any atom is -0.481 e. The first-order valence-electron chi connectivity index (χ1n) is 6.62. The van der Waals surface area contributed by atoms with Crippen molar-refractivity contribution in [1.29, 1.82) is 0 Å². The molecule has 2 fully saturated rings. The van der Waals surface area contributed by atoms with Crippen LogP contribution in [0.15, 0.2) is 0 Å². The van der Waals surface area contributed by atoms with Gasteiger partial charge in [-0.15, -0.1) is 0 Å². The van der Waals surface area contributed by atoms with Gasteiger partial charge < -0.3 is 14.9 Å². The summed E-state index contributed by atoms with van der Waals surface area (Å²) in [6.45, 7) is 4.74. The summed E-state index contributed by atoms with van der Waals surface area (Å²) in [5.74, 6) is -0.926. The van der Waals surface area contributed by atoms with Crippen LogP contribution in [-0.2, 0) is 14.4 Å². The molecule has 2 aliphatic heterocycles. The molecule has 2 rings (SSSR count). The van der Waals surface area contributed by atoms with Crippen molar-refractivity contribution < 1.29 is 19.5 Å². The Hall–Kier alpha value is -1.59. The minimum absolute atomic E-state index is 0.00298. The third-order valence-electron chi connectivity index (χ3n) is 4.02. The number of hydrogen-bond donors (Lipinski definition) is 1. The summed E-state index contributed by atoms with van der Waals surface area (Å²) in [5, 5.41) is 9.05. The summed E-state index contributed by atoms with van der Waals surface area (Å²) < 4.78 is 0. The summed E-state index contributed by atoms with van der Waals surface area (Å²) in [4.78, 5) is 38.3. The maximum absolute atomic E-state index is 12.1. The highest BCUT2D eigenvalue weighted by Crippen LogP contribution is 2.26. The van der Waals surface area contributed by atoms with Crippen LogP contribution in [0, 0.1) is 5.41 Å². The number of carbonyl (C=O) groups excluding carboxylic acids is 2. The number of aliphatic carboxylic acids is 1. The van der Waals surface area contributed by atoms with E-state index >= 15 is 0 Å². The lowest BCUT2D eigenvalue weighted by atomic mass is 9.89. The smallest absolute Gasteiger partial charge is 0.309 e. The van der Waals surface area contributed by atoms with Gasteiger partial charge in [-0.05, 0) is 20.3 Å². The van der Waals surface area contributed by atoms with Crippen LogP contribution in [0.5, 0.6) is 0 Å². The van der Waals surface area contributed by atoms with Crippen LogP contribution in [0.4, 0.5) is 0 Å². The fourth-order valence-electron chi connectivity index (χ4n) is 2.66. The van der Waals surface area contributed by atoms with Crippen LogP contribution in [0.1, 0.15) is 33.1 Å². The van der Waals surface area contributed by atoms with Crippen LogP contribution >= 0.6 is 0 Å². The number of piperazine rings is 1. The molecule has 2 heterocycles. The molecule has 1 atom stereocenters. The monoisotopic (exact) mass is 268 g/mol. The zero-order valence-corrected chi connectivity index (χ0v) is 11.4. The highest BCUT2D eigenvalue weighted by atomic mass is 16.4. The molecule has 106 valence electrons. The molecule has 0 radical (unpaired) electrons. The fraction of sp³-hybridized carbons (Fsp3) is 0.769. The number of carboxylic acids is 1. The maximum Gasteiger partial charge on any atom is 0.309 e. The molecule has 0 aromatic carbocycles. The van der Waals surface area contributed by atoms with Crippen molar-refractivity contribution in [1.82, 2.24) is 9.80 Å². The molecule has 6 heteroatoms. The van der Waals surface area contributed by atoms with E-state index < -0.39 is 11.4 Å². The van der Waals surface area contributed by atoms with E-state index in [1.807, 2.05) is 4.90 Å². The molecule has 1 unspecified atom stereocenters. The van der Waals surface area contributed by atoms with Gasteiger partial charge in [-0.2, -0.15) is 0 Å². The summed E-state index contributed by atoms with van der Waals surface area (Å²) in [6.07, 6.45) is 1.36.